The van der Waals surface area contributed by atoms with Crippen LogP contribution in [-0.2, 0) is 0 Å². The maximum atomic E-state index is 14.3. The van der Waals surface area contributed by atoms with E-state index in [9.17, 15) is 14.6 Å². The van der Waals surface area contributed by atoms with E-state index in [0.29, 0.717) is 17.8 Å². The van der Waals surface area contributed by atoms with Crippen LogP contribution in [0.1, 0.15) is 50.7 Å². The molecule has 1 aromatic carbocycles. The van der Waals surface area contributed by atoms with Gasteiger partial charge in [0.2, 0.25) is 0 Å². The fraction of sp³-hybridized carbons (Fsp3) is 0.625. The van der Waals surface area contributed by atoms with Gasteiger partial charge in [0.25, 0.3) is 0 Å². The van der Waals surface area contributed by atoms with Gasteiger partial charge in [-0.1, -0.05) is 31.4 Å². The molecule has 2 rings (SSSR count). The second kappa shape index (κ2) is 7.04. The second-order valence-corrected chi connectivity index (χ2v) is 5.56. The highest BCUT2D eigenvalue weighted by Crippen LogP contribution is 2.34. The van der Waals surface area contributed by atoms with E-state index in [1.54, 1.807) is 19.1 Å². The van der Waals surface area contributed by atoms with Gasteiger partial charge in [0.15, 0.2) is 0 Å². The molecule has 0 bridgehead atoms. The first kappa shape index (κ1) is 15.3. The third kappa shape index (κ3) is 3.30. The molecular formula is C16H24FNO2. The third-order valence-electron chi connectivity index (χ3n) is 4.11. The van der Waals surface area contributed by atoms with Gasteiger partial charge in [-0.3, -0.25) is 0 Å². The number of aliphatic hydroxyl groups excluding tert-OH is 2. The van der Waals surface area contributed by atoms with Crippen LogP contribution in [-0.4, -0.2) is 29.4 Å². The molecular weight excluding hydrogens is 257 g/mol. The number of anilines is 1. The molecule has 0 heterocycles. The predicted octanol–water partition coefficient (Wildman–Crippen LogP) is 3.01. The van der Waals surface area contributed by atoms with E-state index in [4.69, 9.17) is 0 Å². The zero-order valence-electron chi connectivity index (χ0n) is 12.1. The zero-order chi connectivity index (χ0) is 14.5. The molecule has 0 saturated heterocycles. The lowest BCUT2D eigenvalue weighted by Gasteiger charge is -2.37. The minimum absolute atomic E-state index is 0.00984. The van der Waals surface area contributed by atoms with E-state index in [-0.39, 0.29) is 18.5 Å². The lowest BCUT2D eigenvalue weighted by molar-refractivity contribution is 0.198. The molecule has 2 N–H and O–H groups in total. The molecule has 0 aliphatic heterocycles. The number of benzene rings is 1. The number of rotatable bonds is 5. The molecule has 1 fully saturated rings. The lowest BCUT2D eigenvalue weighted by atomic mass is 9.93. The van der Waals surface area contributed by atoms with Gasteiger partial charge in [-0.05, 0) is 25.8 Å². The molecule has 0 aromatic heterocycles. The van der Waals surface area contributed by atoms with Crippen LogP contribution in [0.2, 0.25) is 0 Å². The van der Waals surface area contributed by atoms with Crippen molar-refractivity contribution in [1.29, 1.82) is 0 Å². The molecule has 4 heteroatoms. The van der Waals surface area contributed by atoms with Gasteiger partial charge in [-0.2, -0.15) is 0 Å². The first-order chi connectivity index (χ1) is 9.65. The molecule has 112 valence electrons. The summed E-state index contributed by atoms with van der Waals surface area (Å²) < 4.78 is 14.3. The van der Waals surface area contributed by atoms with Crippen molar-refractivity contribution in [2.45, 2.75) is 51.2 Å². The van der Waals surface area contributed by atoms with Crippen molar-refractivity contribution in [2.24, 2.45) is 0 Å². The van der Waals surface area contributed by atoms with Crippen LogP contribution in [0.5, 0.6) is 0 Å². The van der Waals surface area contributed by atoms with E-state index >= 15 is 0 Å². The molecule has 0 radical (unpaired) electrons. The molecule has 1 aromatic rings. The van der Waals surface area contributed by atoms with Crippen molar-refractivity contribution >= 4 is 5.69 Å². The molecule has 0 spiro atoms. The van der Waals surface area contributed by atoms with Gasteiger partial charge in [-0.15, -0.1) is 0 Å². The number of hydrogen-bond donors (Lipinski definition) is 2. The van der Waals surface area contributed by atoms with Gasteiger partial charge in [0.05, 0.1) is 18.4 Å². The number of para-hydroxylation sites is 1. The van der Waals surface area contributed by atoms with E-state index < -0.39 is 6.10 Å². The van der Waals surface area contributed by atoms with Gasteiger partial charge in [-0.25, -0.2) is 4.39 Å². The Bertz CT molecular complexity index is 430. The Balaban J connectivity index is 2.37. The summed E-state index contributed by atoms with van der Waals surface area (Å²) >= 11 is 0. The van der Waals surface area contributed by atoms with Crippen LogP contribution in [0.15, 0.2) is 18.2 Å². The Morgan fingerprint density at radius 2 is 2.00 bits per heavy atom. The molecule has 1 aliphatic rings. The molecule has 0 unspecified atom stereocenters. The van der Waals surface area contributed by atoms with Crippen molar-refractivity contribution in [3.05, 3.63) is 29.6 Å². The highest BCUT2D eigenvalue weighted by Gasteiger charge is 2.26. The first-order valence-corrected chi connectivity index (χ1v) is 7.49. The summed E-state index contributed by atoms with van der Waals surface area (Å²) in [6, 6.07) is 5.06. The molecule has 1 aliphatic carbocycles. The number of halogens is 1. The van der Waals surface area contributed by atoms with E-state index in [1.165, 1.54) is 12.5 Å². The number of aliphatic hydroxyl groups is 2. The maximum Gasteiger partial charge on any atom is 0.146 e. The summed E-state index contributed by atoms with van der Waals surface area (Å²) in [4.78, 5) is 1.95. The normalized spacial score (nSPS) is 18.0. The van der Waals surface area contributed by atoms with Crippen LogP contribution in [0.4, 0.5) is 10.1 Å². The Labute approximate surface area is 120 Å². The number of hydrogen-bond acceptors (Lipinski definition) is 3. The van der Waals surface area contributed by atoms with Crippen molar-refractivity contribution in [1.82, 2.24) is 0 Å². The third-order valence-corrected chi connectivity index (χ3v) is 4.11. The Kier molecular flexibility index (Phi) is 5.38. The summed E-state index contributed by atoms with van der Waals surface area (Å²) in [5.41, 5.74) is 1.06. The molecule has 1 atom stereocenters. The fourth-order valence-electron chi connectivity index (χ4n) is 3.15. The van der Waals surface area contributed by atoms with Crippen molar-refractivity contribution in [2.75, 3.05) is 18.1 Å². The van der Waals surface area contributed by atoms with E-state index in [0.717, 1.165) is 25.7 Å². The maximum absolute atomic E-state index is 14.3. The summed E-state index contributed by atoms with van der Waals surface area (Å²) in [5, 5.41) is 19.2. The molecule has 3 nitrogen and oxygen atoms in total. The summed E-state index contributed by atoms with van der Waals surface area (Å²) in [6.07, 6.45) is 4.84. The van der Waals surface area contributed by atoms with Gasteiger partial charge in [0, 0.05) is 18.2 Å². The van der Waals surface area contributed by atoms with E-state index in [2.05, 4.69) is 0 Å². The Morgan fingerprint density at radius 3 is 2.60 bits per heavy atom. The average molecular weight is 281 g/mol. The lowest BCUT2D eigenvalue weighted by Crippen LogP contribution is -2.40. The van der Waals surface area contributed by atoms with E-state index in [1.807, 2.05) is 4.90 Å². The second-order valence-electron chi connectivity index (χ2n) is 5.56. The van der Waals surface area contributed by atoms with Crippen LogP contribution in [0, 0.1) is 5.82 Å². The minimum atomic E-state index is -0.717. The van der Waals surface area contributed by atoms with Crippen LogP contribution < -0.4 is 4.90 Å². The smallest absolute Gasteiger partial charge is 0.146 e. The summed E-state index contributed by atoms with van der Waals surface area (Å²) in [7, 11) is 0. The van der Waals surface area contributed by atoms with Gasteiger partial charge in [0.1, 0.15) is 5.82 Å². The van der Waals surface area contributed by atoms with Crippen LogP contribution >= 0.6 is 0 Å². The minimum Gasteiger partial charge on any atom is -0.395 e. The molecule has 0 amide bonds. The van der Waals surface area contributed by atoms with Gasteiger partial charge >= 0.3 is 0 Å². The monoisotopic (exact) mass is 281 g/mol. The molecule has 20 heavy (non-hydrogen) atoms. The standard InChI is InChI=1S/C16H24FNO2/c1-12(20)14-8-5-9-15(17)16(14)18(10-11-19)13-6-3-2-4-7-13/h5,8-9,12-13,19-20H,2-4,6-7,10-11H2,1H3/t12-/m1/s1. The predicted molar refractivity (Wildman–Crippen MR) is 78.3 cm³/mol. The largest absolute Gasteiger partial charge is 0.395 e. The van der Waals surface area contributed by atoms with Crippen LogP contribution in [0.3, 0.4) is 0 Å². The summed E-state index contributed by atoms with van der Waals surface area (Å²) in [5.74, 6) is -0.317. The van der Waals surface area contributed by atoms with Crippen LogP contribution in [0.25, 0.3) is 0 Å². The Morgan fingerprint density at radius 1 is 1.30 bits per heavy atom. The highest BCUT2D eigenvalue weighted by molar-refractivity contribution is 5.56. The van der Waals surface area contributed by atoms with Crippen molar-refractivity contribution in [3.63, 3.8) is 0 Å². The Hall–Kier alpha value is -1.13. The topological polar surface area (TPSA) is 43.7 Å². The van der Waals surface area contributed by atoms with Crippen molar-refractivity contribution in [3.8, 4) is 0 Å². The fourth-order valence-corrected chi connectivity index (χ4v) is 3.15. The first-order valence-electron chi connectivity index (χ1n) is 7.49. The molecule has 1 saturated carbocycles. The quantitative estimate of drug-likeness (QED) is 0.872. The summed E-state index contributed by atoms with van der Waals surface area (Å²) in [6.45, 7) is 2.05. The van der Waals surface area contributed by atoms with Crippen molar-refractivity contribution < 1.29 is 14.6 Å². The zero-order valence-corrected chi connectivity index (χ0v) is 12.1. The number of nitrogens with zero attached hydrogens (tertiary/aromatic N) is 1. The average Bonchev–Trinajstić information content (AvgIpc) is 2.46. The highest BCUT2D eigenvalue weighted by atomic mass is 19.1. The van der Waals surface area contributed by atoms with Gasteiger partial charge < -0.3 is 15.1 Å². The SMILES string of the molecule is C[C@@H](O)c1cccc(F)c1N(CCO)C1CCCCC1.